The van der Waals surface area contributed by atoms with Crippen molar-refractivity contribution in [3.05, 3.63) is 0 Å². The van der Waals surface area contributed by atoms with E-state index in [4.69, 9.17) is 4.74 Å². The van der Waals surface area contributed by atoms with Crippen LogP contribution in [-0.2, 0) is 4.74 Å². The molecule has 3 heteroatoms. The number of hydrogen-bond donors (Lipinski definition) is 1. The lowest BCUT2D eigenvalue weighted by Crippen LogP contribution is -2.57. The Hall–Kier alpha value is -0.120. The van der Waals surface area contributed by atoms with Crippen LogP contribution in [0.4, 0.5) is 0 Å². The van der Waals surface area contributed by atoms with Crippen molar-refractivity contribution in [2.24, 2.45) is 5.92 Å². The maximum atomic E-state index is 5.54. The van der Waals surface area contributed by atoms with E-state index in [2.05, 4.69) is 17.1 Å². The van der Waals surface area contributed by atoms with Crippen LogP contribution < -0.4 is 5.32 Å². The first kappa shape index (κ1) is 12.9. The number of hydrogen-bond acceptors (Lipinski definition) is 3. The highest BCUT2D eigenvalue weighted by Crippen LogP contribution is 2.35. The second-order valence-electron chi connectivity index (χ2n) is 6.39. The monoisotopic (exact) mass is 252 g/mol. The van der Waals surface area contributed by atoms with Gasteiger partial charge in [-0.15, -0.1) is 0 Å². The minimum atomic E-state index is 0.779. The molecule has 0 radical (unpaired) electrons. The van der Waals surface area contributed by atoms with Crippen LogP contribution in [0.3, 0.4) is 0 Å². The summed E-state index contributed by atoms with van der Waals surface area (Å²) >= 11 is 0. The Labute approximate surface area is 111 Å². The van der Waals surface area contributed by atoms with E-state index >= 15 is 0 Å². The summed E-state index contributed by atoms with van der Waals surface area (Å²) < 4.78 is 5.54. The molecular weight excluding hydrogens is 224 g/mol. The summed E-state index contributed by atoms with van der Waals surface area (Å²) in [7, 11) is 0. The number of fused-ring (bicyclic) bond motifs is 2. The molecule has 0 aliphatic carbocycles. The molecule has 18 heavy (non-hydrogen) atoms. The molecule has 1 N–H and O–H groups in total. The molecular formula is C15H28N2O. The summed E-state index contributed by atoms with van der Waals surface area (Å²) in [5.41, 5.74) is 0. The van der Waals surface area contributed by atoms with E-state index < -0.39 is 0 Å². The van der Waals surface area contributed by atoms with Gasteiger partial charge in [0.2, 0.25) is 0 Å². The summed E-state index contributed by atoms with van der Waals surface area (Å²) in [5, 5.41) is 3.68. The van der Waals surface area contributed by atoms with Gasteiger partial charge >= 0.3 is 0 Å². The molecule has 3 heterocycles. The minimum absolute atomic E-state index is 0.779. The van der Waals surface area contributed by atoms with Gasteiger partial charge in [0.25, 0.3) is 0 Å². The number of rotatable bonds is 4. The Balaban J connectivity index is 1.60. The molecule has 0 aromatic heterocycles. The summed E-state index contributed by atoms with van der Waals surface area (Å²) in [6.45, 7) is 6.66. The molecule has 104 valence electrons. The summed E-state index contributed by atoms with van der Waals surface area (Å²) in [5.74, 6) is 0.809. The van der Waals surface area contributed by atoms with Crippen molar-refractivity contribution in [1.82, 2.24) is 10.2 Å². The highest BCUT2D eigenvalue weighted by molar-refractivity contribution is 4.95. The van der Waals surface area contributed by atoms with Gasteiger partial charge < -0.3 is 10.1 Å². The lowest BCUT2D eigenvalue weighted by molar-refractivity contribution is 0.0112. The lowest BCUT2D eigenvalue weighted by Gasteiger charge is -2.50. The van der Waals surface area contributed by atoms with E-state index in [0.717, 1.165) is 43.8 Å². The van der Waals surface area contributed by atoms with Crippen molar-refractivity contribution in [3.63, 3.8) is 0 Å². The quantitative estimate of drug-likeness (QED) is 0.828. The normalized spacial score (nSPS) is 41.2. The fraction of sp³-hybridized carbons (Fsp3) is 1.00. The topological polar surface area (TPSA) is 24.5 Å². The number of nitrogens with zero attached hydrogens (tertiary/aromatic N) is 1. The van der Waals surface area contributed by atoms with E-state index in [1.165, 1.54) is 45.1 Å². The van der Waals surface area contributed by atoms with Gasteiger partial charge in [-0.3, -0.25) is 4.90 Å². The molecule has 3 nitrogen and oxygen atoms in total. The molecule has 0 aromatic rings. The molecule has 0 saturated carbocycles. The molecule has 0 aromatic carbocycles. The van der Waals surface area contributed by atoms with Crippen LogP contribution in [0.2, 0.25) is 0 Å². The van der Waals surface area contributed by atoms with E-state index in [1.54, 1.807) is 0 Å². The summed E-state index contributed by atoms with van der Waals surface area (Å²) in [6.07, 6.45) is 8.33. The first-order chi connectivity index (χ1) is 8.86. The number of ether oxygens (including phenoxy) is 1. The second kappa shape index (κ2) is 5.89. The van der Waals surface area contributed by atoms with Crippen LogP contribution in [-0.4, -0.2) is 49.3 Å². The van der Waals surface area contributed by atoms with Gasteiger partial charge in [-0.1, -0.05) is 13.3 Å². The third-order valence-electron chi connectivity index (χ3n) is 5.11. The smallest absolute Gasteiger partial charge is 0.0507 e. The van der Waals surface area contributed by atoms with Gasteiger partial charge in [0.15, 0.2) is 0 Å². The van der Waals surface area contributed by atoms with E-state index in [0.29, 0.717) is 0 Å². The first-order valence-electron chi connectivity index (χ1n) is 7.93. The molecule has 3 unspecified atom stereocenters. The Morgan fingerprint density at radius 2 is 1.94 bits per heavy atom. The van der Waals surface area contributed by atoms with Crippen molar-refractivity contribution in [3.8, 4) is 0 Å². The summed E-state index contributed by atoms with van der Waals surface area (Å²) in [6, 6.07) is 2.48. The average Bonchev–Trinajstić information content (AvgIpc) is 2.83. The molecule has 0 amide bonds. The van der Waals surface area contributed by atoms with Crippen LogP contribution in [0, 0.1) is 5.92 Å². The van der Waals surface area contributed by atoms with Crippen LogP contribution in [0.25, 0.3) is 0 Å². The highest BCUT2D eigenvalue weighted by Gasteiger charge is 2.38. The molecule has 3 atom stereocenters. The van der Waals surface area contributed by atoms with Gasteiger partial charge in [-0.25, -0.2) is 0 Å². The Morgan fingerprint density at radius 3 is 2.56 bits per heavy atom. The van der Waals surface area contributed by atoms with Gasteiger partial charge in [0.05, 0.1) is 6.61 Å². The fourth-order valence-electron chi connectivity index (χ4n) is 4.26. The average molecular weight is 252 g/mol. The Kier molecular flexibility index (Phi) is 4.22. The molecule has 3 aliphatic heterocycles. The van der Waals surface area contributed by atoms with Crippen molar-refractivity contribution in [2.45, 2.75) is 63.6 Å². The van der Waals surface area contributed by atoms with Gasteiger partial charge in [-0.2, -0.15) is 0 Å². The summed E-state index contributed by atoms with van der Waals surface area (Å²) in [4.78, 5) is 2.84. The van der Waals surface area contributed by atoms with Gasteiger partial charge in [0.1, 0.15) is 0 Å². The predicted octanol–water partition coefficient (Wildman–Crippen LogP) is 2.02. The third-order valence-corrected chi connectivity index (χ3v) is 5.11. The zero-order chi connectivity index (χ0) is 12.4. The van der Waals surface area contributed by atoms with Gasteiger partial charge in [-0.05, 0) is 44.6 Å². The molecule has 3 fully saturated rings. The zero-order valence-electron chi connectivity index (χ0n) is 11.7. The van der Waals surface area contributed by atoms with E-state index in [9.17, 15) is 0 Å². The van der Waals surface area contributed by atoms with Crippen molar-refractivity contribution in [1.29, 1.82) is 0 Å². The van der Waals surface area contributed by atoms with Crippen molar-refractivity contribution < 1.29 is 4.74 Å². The van der Waals surface area contributed by atoms with Crippen LogP contribution in [0.15, 0.2) is 0 Å². The first-order valence-corrected chi connectivity index (χ1v) is 7.93. The van der Waals surface area contributed by atoms with Crippen molar-refractivity contribution >= 4 is 0 Å². The van der Waals surface area contributed by atoms with Gasteiger partial charge in [0, 0.05) is 31.3 Å². The number of nitrogens with one attached hydrogen (secondary N) is 1. The Morgan fingerprint density at radius 1 is 1.17 bits per heavy atom. The SMILES string of the molecule is CCNC1CC2CCCC(C1)N2CC1CCOC1. The zero-order valence-corrected chi connectivity index (χ0v) is 11.7. The second-order valence-corrected chi connectivity index (χ2v) is 6.39. The molecule has 0 spiro atoms. The maximum absolute atomic E-state index is 5.54. The standard InChI is InChI=1S/C15H28N2O/c1-2-16-13-8-14-4-3-5-15(9-13)17(14)10-12-6-7-18-11-12/h12-16H,2-11H2,1H3. The third kappa shape index (κ3) is 2.73. The Bertz CT molecular complexity index is 251. The fourth-order valence-corrected chi connectivity index (χ4v) is 4.26. The largest absolute Gasteiger partial charge is 0.381 e. The van der Waals surface area contributed by atoms with Crippen LogP contribution in [0.5, 0.6) is 0 Å². The molecule has 3 saturated heterocycles. The van der Waals surface area contributed by atoms with E-state index in [1.807, 2.05) is 0 Å². The molecule has 3 aliphatic rings. The van der Waals surface area contributed by atoms with Crippen LogP contribution in [0.1, 0.15) is 45.4 Å². The minimum Gasteiger partial charge on any atom is -0.381 e. The van der Waals surface area contributed by atoms with Crippen LogP contribution >= 0.6 is 0 Å². The van der Waals surface area contributed by atoms with Crippen molar-refractivity contribution in [2.75, 3.05) is 26.3 Å². The lowest BCUT2D eigenvalue weighted by atomic mass is 9.81. The van der Waals surface area contributed by atoms with E-state index in [-0.39, 0.29) is 0 Å². The number of piperidine rings is 2. The molecule has 2 bridgehead atoms. The molecule has 3 rings (SSSR count). The highest BCUT2D eigenvalue weighted by atomic mass is 16.5. The predicted molar refractivity (Wildman–Crippen MR) is 73.8 cm³/mol. The maximum Gasteiger partial charge on any atom is 0.0507 e.